The zero-order valence-electron chi connectivity index (χ0n) is 15.2. The number of aliphatic hydroxyl groups excluding tert-OH is 2. The van der Waals surface area contributed by atoms with Gasteiger partial charge in [-0.1, -0.05) is 30.3 Å². The Balaban J connectivity index is 1.50. The molecule has 2 heterocycles. The van der Waals surface area contributed by atoms with Gasteiger partial charge < -0.3 is 20.1 Å². The summed E-state index contributed by atoms with van der Waals surface area (Å²) < 4.78 is 6.31. The summed E-state index contributed by atoms with van der Waals surface area (Å²) in [7, 11) is 0. The normalized spacial score (nSPS) is 29.6. The molecule has 0 unspecified atom stereocenters. The van der Waals surface area contributed by atoms with E-state index in [-0.39, 0.29) is 18.4 Å². The molecule has 5 heteroatoms. The molecule has 1 aromatic rings. The van der Waals surface area contributed by atoms with Crippen molar-refractivity contribution in [1.82, 2.24) is 0 Å². The first-order valence-corrected chi connectivity index (χ1v) is 9.76. The number of aliphatic hydroxyl groups is 2. The number of aryl methyl sites for hydroxylation is 1. The minimum atomic E-state index is -1.04. The van der Waals surface area contributed by atoms with Gasteiger partial charge in [-0.25, -0.2) is 0 Å². The van der Waals surface area contributed by atoms with Crippen LogP contribution in [0, 0.1) is 5.92 Å². The van der Waals surface area contributed by atoms with Crippen molar-refractivity contribution >= 4 is 5.97 Å². The van der Waals surface area contributed by atoms with Crippen LogP contribution in [-0.4, -0.2) is 45.2 Å². The van der Waals surface area contributed by atoms with E-state index in [1.807, 2.05) is 6.07 Å². The SMILES string of the molecule is O=C(O)C[C@H](O)C[C@H](O)CC[C@]12CC[C@H](C[C@@H]1CCc1ccccc1)O2. The lowest BCUT2D eigenvalue weighted by molar-refractivity contribution is -0.139. The van der Waals surface area contributed by atoms with Crippen molar-refractivity contribution < 1.29 is 24.9 Å². The number of carboxylic acid groups (broad SMARTS) is 1. The van der Waals surface area contributed by atoms with Crippen LogP contribution < -0.4 is 0 Å². The molecule has 2 fully saturated rings. The van der Waals surface area contributed by atoms with Crippen molar-refractivity contribution in [3.05, 3.63) is 35.9 Å². The van der Waals surface area contributed by atoms with Gasteiger partial charge in [-0.15, -0.1) is 0 Å². The van der Waals surface area contributed by atoms with Gasteiger partial charge >= 0.3 is 5.97 Å². The van der Waals surface area contributed by atoms with Crippen LogP contribution in [0.15, 0.2) is 30.3 Å². The molecule has 0 aromatic heterocycles. The van der Waals surface area contributed by atoms with Crippen LogP contribution in [0.5, 0.6) is 0 Å². The number of carbonyl (C=O) groups is 1. The summed E-state index contributed by atoms with van der Waals surface area (Å²) in [5.41, 5.74) is 1.21. The largest absolute Gasteiger partial charge is 0.481 e. The van der Waals surface area contributed by atoms with E-state index in [0.717, 1.165) is 38.5 Å². The summed E-state index contributed by atoms with van der Waals surface area (Å²) in [6.45, 7) is 0. The van der Waals surface area contributed by atoms with Crippen LogP contribution in [0.2, 0.25) is 0 Å². The number of hydrogen-bond donors (Lipinski definition) is 3. The average molecular weight is 362 g/mol. The summed E-state index contributed by atoms with van der Waals surface area (Å²) in [6.07, 6.45) is 5.18. The van der Waals surface area contributed by atoms with Gasteiger partial charge in [0.05, 0.1) is 30.3 Å². The number of rotatable bonds is 10. The second-order valence-corrected chi connectivity index (χ2v) is 7.98. The summed E-state index contributed by atoms with van der Waals surface area (Å²) in [4.78, 5) is 10.6. The Bertz CT molecular complexity index is 589. The van der Waals surface area contributed by atoms with Crippen molar-refractivity contribution in [3.63, 3.8) is 0 Å². The van der Waals surface area contributed by atoms with E-state index in [4.69, 9.17) is 9.84 Å². The molecule has 0 saturated carbocycles. The predicted octanol–water partition coefficient (Wildman–Crippen LogP) is 2.92. The maximum Gasteiger partial charge on any atom is 0.305 e. The molecule has 0 spiro atoms. The smallest absolute Gasteiger partial charge is 0.305 e. The van der Waals surface area contributed by atoms with E-state index in [1.54, 1.807) is 0 Å². The second kappa shape index (κ2) is 8.51. The Morgan fingerprint density at radius 1 is 1.23 bits per heavy atom. The van der Waals surface area contributed by atoms with E-state index >= 15 is 0 Å². The minimum absolute atomic E-state index is 0.112. The maximum atomic E-state index is 10.6. The van der Waals surface area contributed by atoms with Crippen LogP contribution in [0.25, 0.3) is 0 Å². The topological polar surface area (TPSA) is 87.0 Å². The first-order chi connectivity index (χ1) is 12.5. The van der Waals surface area contributed by atoms with E-state index in [0.29, 0.717) is 18.4 Å². The van der Waals surface area contributed by atoms with E-state index in [1.165, 1.54) is 5.56 Å². The maximum absolute atomic E-state index is 10.6. The highest BCUT2D eigenvalue weighted by Crippen LogP contribution is 2.52. The van der Waals surface area contributed by atoms with Crippen molar-refractivity contribution in [1.29, 1.82) is 0 Å². The fourth-order valence-corrected chi connectivity index (χ4v) is 4.74. The zero-order valence-corrected chi connectivity index (χ0v) is 15.2. The van der Waals surface area contributed by atoms with Crippen LogP contribution in [0.3, 0.4) is 0 Å². The molecule has 2 saturated heterocycles. The van der Waals surface area contributed by atoms with Gasteiger partial charge in [0.25, 0.3) is 0 Å². The lowest BCUT2D eigenvalue weighted by atomic mass is 9.73. The van der Waals surface area contributed by atoms with Gasteiger partial charge in [0.2, 0.25) is 0 Å². The lowest BCUT2D eigenvalue weighted by Gasteiger charge is -2.34. The predicted molar refractivity (Wildman–Crippen MR) is 97.8 cm³/mol. The molecule has 3 rings (SSSR count). The van der Waals surface area contributed by atoms with Gasteiger partial charge in [-0.2, -0.15) is 0 Å². The standard InChI is InChI=1S/C21H30O5/c22-17(13-18(23)14-20(24)25)8-10-21-11-9-19(26-21)12-16(21)7-6-15-4-2-1-3-5-15/h1-5,16-19,22-23H,6-14H2,(H,24,25)/t16-,17+,18+,19+,21-/m0/s1. The molecule has 5 atom stereocenters. The third-order valence-electron chi connectivity index (χ3n) is 6.06. The quantitative estimate of drug-likeness (QED) is 0.596. The highest BCUT2D eigenvalue weighted by atomic mass is 16.5. The van der Waals surface area contributed by atoms with Crippen molar-refractivity contribution in [3.8, 4) is 0 Å². The number of ether oxygens (including phenoxy) is 1. The molecule has 2 bridgehead atoms. The molecule has 0 amide bonds. The Kier molecular flexibility index (Phi) is 6.33. The number of aliphatic carboxylic acids is 1. The van der Waals surface area contributed by atoms with Gasteiger partial charge in [0.15, 0.2) is 0 Å². The highest BCUT2D eigenvalue weighted by Gasteiger charge is 2.52. The van der Waals surface area contributed by atoms with E-state index in [9.17, 15) is 15.0 Å². The number of hydrogen-bond acceptors (Lipinski definition) is 4. The van der Waals surface area contributed by atoms with Crippen LogP contribution in [0.4, 0.5) is 0 Å². The molecule has 2 aliphatic rings. The molecule has 0 aliphatic carbocycles. The van der Waals surface area contributed by atoms with Gasteiger partial charge in [-0.05, 0) is 62.8 Å². The summed E-state index contributed by atoms with van der Waals surface area (Å²) in [5.74, 6) is -0.528. The van der Waals surface area contributed by atoms with Gasteiger partial charge in [0.1, 0.15) is 0 Å². The highest BCUT2D eigenvalue weighted by molar-refractivity contribution is 5.67. The molecule has 2 aliphatic heterocycles. The Morgan fingerprint density at radius 3 is 2.69 bits per heavy atom. The van der Waals surface area contributed by atoms with Gasteiger partial charge in [-0.3, -0.25) is 4.79 Å². The van der Waals surface area contributed by atoms with Crippen molar-refractivity contribution in [2.45, 2.75) is 81.7 Å². The third-order valence-corrected chi connectivity index (χ3v) is 6.06. The fraction of sp³-hybridized carbons (Fsp3) is 0.667. The molecular weight excluding hydrogens is 332 g/mol. The van der Waals surface area contributed by atoms with Crippen molar-refractivity contribution in [2.75, 3.05) is 0 Å². The van der Waals surface area contributed by atoms with Crippen LogP contribution in [0.1, 0.15) is 56.9 Å². The molecule has 1 aromatic carbocycles. The van der Waals surface area contributed by atoms with Gasteiger partial charge in [0, 0.05) is 0 Å². The summed E-state index contributed by atoms with van der Waals surface area (Å²) in [5, 5.41) is 28.6. The summed E-state index contributed by atoms with van der Waals surface area (Å²) in [6, 6.07) is 10.5. The van der Waals surface area contributed by atoms with E-state index in [2.05, 4.69) is 24.3 Å². The number of fused-ring (bicyclic) bond motifs is 2. The number of carboxylic acids is 1. The first kappa shape index (κ1) is 19.3. The minimum Gasteiger partial charge on any atom is -0.481 e. The lowest BCUT2D eigenvalue weighted by Crippen LogP contribution is -2.35. The second-order valence-electron chi connectivity index (χ2n) is 7.98. The molecule has 0 radical (unpaired) electrons. The van der Waals surface area contributed by atoms with Crippen LogP contribution >= 0.6 is 0 Å². The average Bonchev–Trinajstić information content (AvgIpc) is 3.17. The van der Waals surface area contributed by atoms with Crippen molar-refractivity contribution in [2.24, 2.45) is 5.92 Å². The third kappa shape index (κ3) is 4.84. The molecule has 3 N–H and O–H groups in total. The zero-order chi connectivity index (χ0) is 18.6. The van der Waals surface area contributed by atoms with E-state index < -0.39 is 18.2 Å². The number of benzene rings is 1. The molecule has 144 valence electrons. The first-order valence-electron chi connectivity index (χ1n) is 9.76. The van der Waals surface area contributed by atoms with Crippen LogP contribution in [-0.2, 0) is 16.0 Å². The molecule has 5 nitrogen and oxygen atoms in total. The molecular formula is C21H30O5. The monoisotopic (exact) mass is 362 g/mol. The Labute approximate surface area is 155 Å². The summed E-state index contributed by atoms with van der Waals surface area (Å²) >= 11 is 0. The molecule has 26 heavy (non-hydrogen) atoms. The fourth-order valence-electron chi connectivity index (χ4n) is 4.74. The Hall–Kier alpha value is -1.43. The Morgan fingerprint density at radius 2 is 2.00 bits per heavy atom.